The lowest BCUT2D eigenvalue weighted by Gasteiger charge is -2.24. The van der Waals surface area contributed by atoms with Gasteiger partial charge in [0.25, 0.3) is 0 Å². The molecule has 1 saturated heterocycles. The van der Waals surface area contributed by atoms with Gasteiger partial charge >= 0.3 is 0 Å². The van der Waals surface area contributed by atoms with Crippen molar-refractivity contribution < 1.29 is 14.3 Å². The first kappa shape index (κ1) is 29.4. The van der Waals surface area contributed by atoms with Gasteiger partial charge < -0.3 is 9.64 Å². The highest BCUT2D eigenvalue weighted by molar-refractivity contribution is 5.96. The SMILES string of the molecule is C=C(C)C(=C(C)OC)c1cccc(N2CC(C(CCCC)CCCC(=O)C(=C)CC=CC)CC2=O)c1. The van der Waals surface area contributed by atoms with Gasteiger partial charge in [0.05, 0.1) is 7.11 Å². The molecule has 0 aromatic heterocycles. The molecule has 2 rings (SSSR count). The van der Waals surface area contributed by atoms with Crippen LogP contribution in [0.4, 0.5) is 5.69 Å². The highest BCUT2D eigenvalue weighted by Crippen LogP contribution is 2.36. The largest absolute Gasteiger partial charge is 0.501 e. The molecule has 1 aromatic rings. The van der Waals surface area contributed by atoms with Crippen molar-refractivity contribution in [3.05, 3.63) is 72.0 Å². The summed E-state index contributed by atoms with van der Waals surface area (Å²) in [4.78, 5) is 27.5. The second-order valence-corrected chi connectivity index (χ2v) is 10.0. The zero-order valence-corrected chi connectivity index (χ0v) is 23.1. The Kier molecular flexibility index (Phi) is 11.9. The summed E-state index contributed by atoms with van der Waals surface area (Å²) in [6, 6.07) is 8.12. The summed E-state index contributed by atoms with van der Waals surface area (Å²) >= 11 is 0. The third-order valence-electron chi connectivity index (χ3n) is 7.25. The smallest absolute Gasteiger partial charge is 0.227 e. The fourth-order valence-corrected chi connectivity index (χ4v) is 5.14. The number of methoxy groups -OCH3 is 1. The lowest BCUT2D eigenvalue weighted by molar-refractivity contribution is -0.118. The Balaban J connectivity index is 2.13. The molecule has 1 aromatic carbocycles. The maximum Gasteiger partial charge on any atom is 0.227 e. The van der Waals surface area contributed by atoms with E-state index < -0.39 is 0 Å². The van der Waals surface area contributed by atoms with Crippen LogP contribution in [0.15, 0.2) is 66.5 Å². The van der Waals surface area contributed by atoms with E-state index >= 15 is 0 Å². The van der Waals surface area contributed by atoms with Gasteiger partial charge in [-0.25, -0.2) is 0 Å². The van der Waals surface area contributed by atoms with Gasteiger partial charge in [-0.2, -0.15) is 0 Å². The maximum atomic E-state index is 13.1. The number of carbonyl (C=O) groups is 2. The number of carbonyl (C=O) groups excluding carboxylic acids is 2. The molecule has 0 aliphatic carbocycles. The van der Waals surface area contributed by atoms with E-state index in [0.29, 0.717) is 36.7 Å². The summed E-state index contributed by atoms with van der Waals surface area (Å²) < 4.78 is 5.49. The van der Waals surface area contributed by atoms with E-state index in [2.05, 4.69) is 26.1 Å². The van der Waals surface area contributed by atoms with Gasteiger partial charge in [-0.15, -0.1) is 0 Å². The molecule has 2 unspecified atom stereocenters. The standard InChI is InChI=1S/C32H45NO3/c1-8-10-14-24(5)30(34)19-13-16-26(15-11-9-2)28-21-31(35)33(22-28)29-18-12-17-27(20-29)32(23(3)4)25(6)36-7/h8,10,12,17-18,20,26,28H,3,5,9,11,13-16,19,21-22H2,1-2,4,6-7H3. The first-order valence-electron chi connectivity index (χ1n) is 13.4. The molecule has 196 valence electrons. The molecule has 1 amide bonds. The van der Waals surface area contributed by atoms with Crippen molar-refractivity contribution in [3.63, 3.8) is 0 Å². The molecule has 0 spiro atoms. The molecule has 0 saturated carbocycles. The third kappa shape index (κ3) is 8.08. The maximum absolute atomic E-state index is 13.1. The molecule has 0 radical (unpaired) electrons. The van der Waals surface area contributed by atoms with Crippen LogP contribution in [0, 0.1) is 11.8 Å². The van der Waals surface area contributed by atoms with Crippen LogP contribution in [0.2, 0.25) is 0 Å². The van der Waals surface area contributed by atoms with E-state index in [1.165, 1.54) is 0 Å². The first-order chi connectivity index (χ1) is 17.2. The predicted molar refractivity (Wildman–Crippen MR) is 152 cm³/mol. The Morgan fingerprint density at radius 1 is 1.22 bits per heavy atom. The lowest BCUT2D eigenvalue weighted by Crippen LogP contribution is -2.26. The number of rotatable bonds is 15. The van der Waals surface area contributed by atoms with Gasteiger partial charge in [0.2, 0.25) is 5.91 Å². The molecular weight excluding hydrogens is 446 g/mol. The average Bonchev–Trinajstić information content (AvgIpc) is 3.25. The van der Waals surface area contributed by atoms with Crippen LogP contribution in [-0.2, 0) is 14.3 Å². The first-order valence-corrected chi connectivity index (χ1v) is 13.4. The molecule has 4 heteroatoms. The van der Waals surface area contributed by atoms with Gasteiger partial charge in [0, 0.05) is 30.6 Å². The lowest BCUT2D eigenvalue weighted by atomic mass is 9.83. The molecule has 0 bridgehead atoms. The minimum absolute atomic E-state index is 0.163. The van der Waals surface area contributed by atoms with Gasteiger partial charge in [0.1, 0.15) is 5.76 Å². The van der Waals surface area contributed by atoms with Crippen molar-refractivity contribution in [2.45, 2.75) is 79.1 Å². The van der Waals surface area contributed by atoms with Crippen LogP contribution in [0.25, 0.3) is 5.57 Å². The number of amides is 1. The zero-order chi connectivity index (χ0) is 26.7. The minimum Gasteiger partial charge on any atom is -0.501 e. The summed E-state index contributed by atoms with van der Waals surface area (Å²) in [6.45, 7) is 16.9. The van der Waals surface area contributed by atoms with Gasteiger partial charge in [-0.05, 0) is 80.7 Å². The number of anilines is 1. The Bertz CT molecular complexity index is 1000. The van der Waals surface area contributed by atoms with Gasteiger partial charge in [0.15, 0.2) is 5.78 Å². The fourth-order valence-electron chi connectivity index (χ4n) is 5.14. The van der Waals surface area contributed by atoms with Crippen LogP contribution >= 0.6 is 0 Å². The third-order valence-corrected chi connectivity index (χ3v) is 7.25. The van der Waals surface area contributed by atoms with Crippen LogP contribution in [-0.4, -0.2) is 25.3 Å². The van der Waals surface area contributed by atoms with E-state index in [1.807, 2.05) is 56.0 Å². The van der Waals surface area contributed by atoms with Crippen molar-refractivity contribution in [3.8, 4) is 0 Å². The van der Waals surface area contributed by atoms with Gasteiger partial charge in [-0.3, -0.25) is 9.59 Å². The van der Waals surface area contributed by atoms with Crippen molar-refractivity contribution in [1.29, 1.82) is 0 Å². The van der Waals surface area contributed by atoms with E-state index in [-0.39, 0.29) is 11.7 Å². The molecular formula is C32H45NO3. The van der Waals surface area contributed by atoms with E-state index in [0.717, 1.165) is 66.8 Å². The topological polar surface area (TPSA) is 46.6 Å². The monoisotopic (exact) mass is 491 g/mol. The molecule has 4 nitrogen and oxygen atoms in total. The summed E-state index contributed by atoms with van der Waals surface area (Å²) in [5.74, 6) is 1.91. The number of hydrogen-bond donors (Lipinski definition) is 0. The van der Waals surface area contributed by atoms with Crippen molar-refractivity contribution in [1.82, 2.24) is 0 Å². The molecule has 1 aliphatic heterocycles. The quantitative estimate of drug-likeness (QED) is 0.108. The number of unbranched alkanes of at least 4 members (excludes halogenated alkanes) is 1. The number of hydrogen-bond acceptors (Lipinski definition) is 3. The van der Waals surface area contributed by atoms with Crippen molar-refractivity contribution in [2.75, 3.05) is 18.6 Å². The normalized spacial score (nSPS) is 17.3. The predicted octanol–water partition coefficient (Wildman–Crippen LogP) is 8.06. The van der Waals surface area contributed by atoms with Crippen LogP contribution in [0.3, 0.4) is 0 Å². The summed E-state index contributed by atoms with van der Waals surface area (Å²) in [5, 5.41) is 0. The molecule has 1 heterocycles. The second-order valence-electron chi connectivity index (χ2n) is 10.0. The number of nitrogens with zero attached hydrogens (tertiary/aromatic N) is 1. The van der Waals surface area contributed by atoms with E-state index in [4.69, 9.17) is 4.74 Å². The number of ketones is 1. The van der Waals surface area contributed by atoms with Crippen LogP contribution in [0.5, 0.6) is 0 Å². The Hall–Kier alpha value is -2.88. The number of allylic oxidation sites excluding steroid dienone is 6. The van der Waals surface area contributed by atoms with E-state index in [1.54, 1.807) is 7.11 Å². The van der Waals surface area contributed by atoms with Crippen LogP contribution in [0.1, 0.15) is 84.6 Å². The average molecular weight is 492 g/mol. The Morgan fingerprint density at radius 3 is 2.58 bits per heavy atom. The number of benzene rings is 1. The van der Waals surface area contributed by atoms with E-state index in [9.17, 15) is 9.59 Å². The number of Topliss-reactive ketones (excluding diaryl/α,β-unsaturated/α-hetero) is 1. The van der Waals surface area contributed by atoms with Crippen LogP contribution < -0.4 is 4.90 Å². The molecule has 1 aliphatic rings. The van der Waals surface area contributed by atoms with Crippen molar-refractivity contribution in [2.24, 2.45) is 11.8 Å². The highest BCUT2D eigenvalue weighted by Gasteiger charge is 2.35. The number of ether oxygens (including phenoxy) is 1. The molecule has 36 heavy (non-hydrogen) atoms. The second kappa shape index (κ2) is 14.6. The minimum atomic E-state index is 0.163. The summed E-state index contributed by atoms with van der Waals surface area (Å²) in [5.41, 5.74) is 4.53. The van der Waals surface area contributed by atoms with Gasteiger partial charge in [-0.1, -0.05) is 63.6 Å². The Labute approximate surface area is 218 Å². The zero-order valence-electron chi connectivity index (χ0n) is 23.1. The molecule has 1 fully saturated rings. The summed E-state index contributed by atoms with van der Waals surface area (Å²) in [7, 11) is 1.67. The molecule has 0 N–H and O–H groups in total. The molecule has 2 atom stereocenters. The highest BCUT2D eigenvalue weighted by atomic mass is 16.5. The van der Waals surface area contributed by atoms with Crippen molar-refractivity contribution >= 4 is 23.0 Å². The summed E-state index contributed by atoms with van der Waals surface area (Å²) in [6.07, 6.45) is 10.9. The fraction of sp³-hybridized carbons (Fsp3) is 0.500. The Morgan fingerprint density at radius 2 is 1.94 bits per heavy atom.